The lowest BCUT2D eigenvalue weighted by Gasteiger charge is -2.25. The number of benzene rings is 4. The minimum Gasteiger partial charge on any atom is -0.494 e. The normalized spacial score (nSPS) is 11.3. The van der Waals surface area contributed by atoms with Gasteiger partial charge < -0.3 is 24.5 Å². The number of carboxylic acid groups (broad SMARTS) is 1. The Morgan fingerprint density at radius 3 is 1.69 bits per heavy atom. The molecule has 5 heterocycles. The molecule has 0 bridgehead atoms. The molecular formula is C61H62N9O5+. The Labute approximate surface area is 437 Å². The van der Waals surface area contributed by atoms with E-state index >= 15 is 0 Å². The maximum absolute atomic E-state index is 13.9. The molecule has 1 aliphatic heterocycles. The summed E-state index contributed by atoms with van der Waals surface area (Å²) in [6, 6.07) is 47.0. The first kappa shape index (κ1) is 51.3. The maximum atomic E-state index is 13.9. The first-order chi connectivity index (χ1) is 36.5. The van der Waals surface area contributed by atoms with Gasteiger partial charge in [0.05, 0.1) is 41.0 Å². The minimum absolute atomic E-state index is 0.0846. The lowest BCUT2D eigenvalue weighted by Crippen LogP contribution is -2.25. The number of carbonyl (C=O) groups excluding carboxylic acids is 1. The second kappa shape index (κ2) is 24.4. The molecule has 9 rings (SSSR count). The van der Waals surface area contributed by atoms with E-state index in [0.29, 0.717) is 93.3 Å². The van der Waals surface area contributed by atoms with E-state index in [9.17, 15) is 14.7 Å². The predicted octanol–water partition coefficient (Wildman–Crippen LogP) is 9.57. The van der Waals surface area contributed by atoms with Gasteiger partial charge in [-0.25, -0.2) is 9.37 Å². The predicted molar refractivity (Wildman–Crippen MR) is 293 cm³/mol. The highest BCUT2D eigenvalue weighted by molar-refractivity contribution is 6.09. The SMILES string of the molecule is CN(C)c1ccc2c(-c3cc(C(=O)NCCCCOc4cc(CN(Cc5ccccn5)Cc5ccccn5)cc(CN(Cc5ccccn5)Cc5ccccn5)c4)ccc3C(=O)O)c3ccc(=[N+](C)C)cc-3oc2c1. The van der Waals surface area contributed by atoms with Crippen molar-refractivity contribution in [2.24, 2.45) is 0 Å². The molecule has 0 spiro atoms. The summed E-state index contributed by atoms with van der Waals surface area (Å²) in [7, 11) is 7.82. The fraction of sp³-hybridized carbons (Fsp3) is 0.230. The molecule has 380 valence electrons. The minimum atomic E-state index is -1.09. The molecule has 14 nitrogen and oxygen atoms in total. The van der Waals surface area contributed by atoms with Gasteiger partial charge in [0.1, 0.15) is 31.2 Å². The van der Waals surface area contributed by atoms with Crippen LogP contribution in [0.4, 0.5) is 5.69 Å². The van der Waals surface area contributed by atoms with Crippen molar-refractivity contribution >= 4 is 28.5 Å². The summed E-state index contributed by atoms with van der Waals surface area (Å²) in [5.74, 6) is -0.0349. The monoisotopic (exact) mass is 1000 g/mol. The number of nitrogens with zero attached hydrogens (tertiary/aromatic N) is 8. The number of carbonyl (C=O) groups is 2. The molecule has 1 amide bonds. The van der Waals surface area contributed by atoms with Crippen LogP contribution in [0.5, 0.6) is 5.75 Å². The number of aromatic nitrogens is 4. The van der Waals surface area contributed by atoms with Crippen LogP contribution in [0, 0.1) is 0 Å². The van der Waals surface area contributed by atoms with Crippen LogP contribution in [0.25, 0.3) is 33.4 Å². The van der Waals surface area contributed by atoms with Crippen LogP contribution in [0.2, 0.25) is 0 Å². The summed E-state index contributed by atoms with van der Waals surface area (Å²) in [6.45, 7) is 4.60. The molecule has 14 heteroatoms. The number of hydrogen-bond donors (Lipinski definition) is 2. The Bertz CT molecular complexity index is 3220. The smallest absolute Gasteiger partial charge is 0.336 e. The van der Waals surface area contributed by atoms with Crippen molar-refractivity contribution in [2.75, 3.05) is 46.2 Å². The summed E-state index contributed by atoms with van der Waals surface area (Å²) >= 11 is 0. The van der Waals surface area contributed by atoms with E-state index in [1.807, 2.05) is 172 Å². The molecule has 7 aromatic rings. The zero-order valence-corrected chi connectivity index (χ0v) is 42.9. The molecule has 0 saturated heterocycles. The average molecular weight is 1000 g/mol. The largest absolute Gasteiger partial charge is 0.494 e. The second-order valence-corrected chi connectivity index (χ2v) is 19.1. The van der Waals surface area contributed by atoms with Crippen molar-refractivity contribution in [1.82, 2.24) is 39.6 Å². The van der Waals surface area contributed by atoms with E-state index < -0.39 is 5.97 Å². The number of nitrogens with one attached hydrogen (secondary N) is 1. The number of amides is 1. The Morgan fingerprint density at radius 1 is 0.613 bits per heavy atom. The second-order valence-electron chi connectivity index (χ2n) is 19.1. The number of anilines is 1. The number of rotatable bonds is 22. The average Bonchev–Trinajstić information content (AvgIpc) is 3.41. The molecule has 0 unspecified atom stereocenters. The van der Waals surface area contributed by atoms with Gasteiger partial charge in [-0.05, 0) is 127 Å². The highest BCUT2D eigenvalue weighted by Crippen LogP contribution is 2.42. The van der Waals surface area contributed by atoms with Crippen LogP contribution >= 0.6 is 0 Å². The Balaban J connectivity index is 0.925. The fourth-order valence-electron chi connectivity index (χ4n) is 9.24. The lowest BCUT2D eigenvalue weighted by molar-refractivity contribution is 0.0697. The summed E-state index contributed by atoms with van der Waals surface area (Å²) < 4.78 is 15.0. The molecule has 3 aromatic carbocycles. The van der Waals surface area contributed by atoms with E-state index in [1.54, 1.807) is 12.1 Å². The highest BCUT2D eigenvalue weighted by Gasteiger charge is 2.24. The first-order valence-electron chi connectivity index (χ1n) is 25.2. The van der Waals surface area contributed by atoms with E-state index in [1.165, 1.54) is 6.07 Å². The third-order valence-electron chi connectivity index (χ3n) is 12.9. The van der Waals surface area contributed by atoms with Crippen molar-refractivity contribution in [3.05, 3.63) is 221 Å². The molecule has 75 heavy (non-hydrogen) atoms. The van der Waals surface area contributed by atoms with Crippen molar-refractivity contribution in [2.45, 2.75) is 52.1 Å². The van der Waals surface area contributed by atoms with E-state index in [0.717, 1.165) is 61.6 Å². The van der Waals surface area contributed by atoms with Crippen molar-refractivity contribution in [3.63, 3.8) is 0 Å². The number of aromatic carboxylic acids is 1. The van der Waals surface area contributed by atoms with Crippen LogP contribution in [0.3, 0.4) is 0 Å². The van der Waals surface area contributed by atoms with Crippen LogP contribution in [0.15, 0.2) is 175 Å². The Kier molecular flexibility index (Phi) is 16.7. The van der Waals surface area contributed by atoms with Crippen LogP contribution in [0.1, 0.15) is 67.5 Å². The summed E-state index contributed by atoms with van der Waals surface area (Å²) in [5, 5.41) is 15.3. The van der Waals surface area contributed by atoms with E-state index in [-0.39, 0.29) is 11.5 Å². The van der Waals surface area contributed by atoms with Gasteiger partial charge in [-0.3, -0.25) is 34.5 Å². The molecule has 1 aliphatic carbocycles. The van der Waals surface area contributed by atoms with Gasteiger partial charge in [0.15, 0.2) is 0 Å². The van der Waals surface area contributed by atoms with Gasteiger partial charge >= 0.3 is 5.97 Å². The van der Waals surface area contributed by atoms with Gasteiger partial charge in [-0.2, -0.15) is 0 Å². The summed E-state index contributed by atoms with van der Waals surface area (Å²) in [5.41, 5.74) is 9.87. The quantitative estimate of drug-likeness (QED) is 0.0378. The number of hydrogen-bond acceptors (Lipinski definition) is 11. The Morgan fingerprint density at radius 2 is 1.19 bits per heavy atom. The zero-order chi connectivity index (χ0) is 52.1. The molecular weight excluding hydrogens is 939 g/mol. The zero-order valence-electron chi connectivity index (χ0n) is 42.9. The molecule has 0 radical (unpaired) electrons. The van der Waals surface area contributed by atoms with Crippen LogP contribution in [-0.2, 0) is 39.3 Å². The fourth-order valence-corrected chi connectivity index (χ4v) is 9.24. The summed E-state index contributed by atoms with van der Waals surface area (Å²) in [4.78, 5) is 52.0. The molecule has 2 N–H and O–H groups in total. The number of pyridine rings is 4. The third-order valence-corrected chi connectivity index (χ3v) is 12.9. The Hall–Kier alpha value is -8.59. The van der Waals surface area contributed by atoms with E-state index in [4.69, 9.17) is 9.15 Å². The van der Waals surface area contributed by atoms with Crippen molar-refractivity contribution in [1.29, 1.82) is 0 Å². The number of carboxylic acids is 1. The molecule has 0 fully saturated rings. The summed E-state index contributed by atoms with van der Waals surface area (Å²) in [6.07, 6.45) is 8.63. The third kappa shape index (κ3) is 13.5. The molecule has 0 saturated carbocycles. The van der Waals surface area contributed by atoms with Crippen LogP contribution < -0.4 is 24.9 Å². The molecule has 4 aromatic heterocycles. The topological polar surface area (TPSA) is 153 Å². The van der Waals surface area contributed by atoms with Crippen molar-refractivity contribution < 1.29 is 23.8 Å². The molecule has 0 atom stereocenters. The van der Waals surface area contributed by atoms with Crippen molar-refractivity contribution in [3.8, 4) is 28.2 Å². The van der Waals surface area contributed by atoms with Gasteiger partial charge in [0.2, 0.25) is 5.36 Å². The maximum Gasteiger partial charge on any atom is 0.336 e. The van der Waals surface area contributed by atoms with Gasteiger partial charge in [-0.1, -0.05) is 30.3 Å². The first-order valence-corrected chi connectivity index (χ1v) is 25.2. The highest BCUT2D eigenvalue weighted by atomic mass is 16.5. The van der Waals surface area contributed by atoms with Crippen LogP contribution in [-0.4, -0.2) is 88.1 Å². The molecule has 2 aliphatic rings. The number of unbranched alkanes of at least 4 members (excludes halogenated alkanes) is 1. The van der Waals surface area contributed by atoms with E-state index in [2.05, 4.69) is 53.3 Å². The van der Waals surface area contributed by atoms with Gasteiger partial charge in [0, 0.05) is 125 Å². The van der Waals surface area contributed by atoms with Gasteiger partial charge in [-0.15, -0.1) is 0 Å². The number of fused-ring (bicyclic) bond motifs is 2. The lowest BCUT2D eigenvalue weighted by atomic mass is 9.89. The number of ether oxygens (including phenoxy) is 1. The standard InChI is InChI=1S/C61H61N9O5/c1-67(2)50-20-23-54-57(35-50)75-58-36-51(68(3)4)21-24-55(58)59(54)56-34-45(19-22-53(56)61(72)73)60(71)66-29-13-14-30-74-52-32-43(37-69(39-46-15-5-9-25-62-46)40-47-16-6-10-26-63-47)31-44(33-52)38-70(41-48-17-7-11-27-64-48)42-49-18-8-12-28-65-49/h5-12,15-28,31-36H,13-14,29-30,37-42H2,1-4H3,(H-,66,71,72,73)/p+1. The van der Waals surface area contributed by atoms with Gasteiger partial charge in [0.25, 0.3) is 5.91 Å².